The SMILES string of the molecule is CSc1cccc(NC(=O)Cn2c(-c3cccc(Cl)c3)nc(C)cc2=O)c1. The molecule has 0 unspecified atom stereocenters. The standard InChI is InChI=1S/C20H18ClN3O2S/c1-13-9-19(26)24(20(22-13)14-5-3-6-15(21)10-14)12-18(25)23-16-7-4-8-17(11-16)27-2/h3-11H,12H2,1-2H3,(H,23,25). The summed E-state index contributed by atoms with van der Waals surface area (Å²) in [6, 6.07) is 16.0. The maximum Gasteiger partial charge on any atom is 0.254 e. The van der Waals surface area contributed by atoms with Gasteiger partial charge in [-0.2, -0.15) is 0 Å². The van der Waals surface area contributed by atoms with Gasteiger partial charge in [0, 0.05) is 32.9 Å². The summed E-state index contributed by atoms with van der Waals surface area (Å²) in [7, 11) is 0. The van der Waals surface area contributed by atoms with Crippen molar-refractivity contribution in [1.29, 1.82) is 0 Å². The molecule has 1 aromatic heterocycles. The summed E-state index contributed by atoms with van der Waals surface area (Å²) >= 11 is 7.66. The van der Waals surface area contributed by atoms with Crippen LogP contribution < -0.4 is 10.9 Å². The maximum absolute atomic E-state index is 12.5. The Morgan fingerprint density at radius 2 is 1.96 bits per heavy atom. The fourth-order valence-corrected chi connectivity index (χ4v) is 3.32. The summed E-state index contributed by atoms with van der Waals surface area (Å²) in [5.74, 6) is 0.111. The zero-order valence-electron chi connectivity index (χ0n) is 14.9. The van der Waals surface area contributed by atoms with E-state index in [9.17, 15) is 9.59 Å². The highest BCUT2D eigenvalue weighted by Crippen LogP contribution is 2.21. The first-order chi connectivity index (χ1) is 13.0. The first kappa shape index (κ1) is 19.2. The van der Waals surface area contributed by atoms with Gasteiger partial charge in [-0.05, 0) is 43.5 Å². The third-order valence-corrected chi connectivity index (χ3v) is 4.83. The largest absolute Gasteiger partial charge is 0.324 e. The fourth-order valence-electron chi connectivity index (χ4n) is 2.67. The van der Waals surface area contributed by atoms with E-state index in [1.54, 1.807) is 36.9 Å². The van der Waals surface area contributed by atoms with Gasteiger partial charge in [-0.1, -0.05) is 29.8 Å². The molecular formula is C20H18ClN3O2S. The van der Waals surface area contributed by atoms with Gasteiger partial charge in [0.1, 0.15) is 12.4 Å². The number of benzene rings is 2. The number of thioether (sulfide) groups is 1. The van der Waals surface area contributed by atoms with Gasteiger partial charge in [0.2, 0.25) is 5.91 Å². The summed E-state index contributed by atoms with van der Waals surface area (Å²) < 4.78 is 1.35. The minimum atomic E-state index is -0.302. The Kier molecular flexibility index (Phi) is 5.98. The quantitative estimate of drug-likeness (QED) is 0.652. The number of amides is 1. The topological polar surface area (TPSA) is 64.0 Å². The second kappa shape index (κ2) is 8.41. The molecule has 7 heteroatoms. The monoisotopic (exact) mass is 399 g/mol. The van der Waals surface area contributed by atoms with Crippen molar-refractivity contribution in [3.63, 3.8) is 0 Å². The molecule has 0 radical (unpaired) electrons. The lowest BCUT2D eigenvalue weighted by Gasteiger charge is -2.13. The number of aryl methyl sites for hydroxylation is 1. The van der Waals surface area contributed by atoms with Crippen molar-refractivity contribution in [1.82, 2.24) is 9.55 Å². The lowest BCUT2D eigenvalue weighted by atomic mass is 10.2. The van der Waals surface area contributed by atoms with Gasteiger partial charge in [-0.15, -0.1) is 11.8 Å². The van der Waals surface area contributed by atoms with Crippen LogP contribution >= 0.6 is 23.4 Å². The fraction of sp³-hybridized carbons (Fsp3) is 0.150. The van der Waals surface area contributed by atoms with Crippen LogP contribution in [0, 0.1) is 6.92 Å². The summed E-state index contributed by atoms with van der Waals surface area (Å²) in [4.78, 5) is 30.5. The van der Waals surface area contributed by atoms with Gasteiger partial charge >= 0.3 is 0 Å². The van der Waals surface area contributed by atoms with Crippen molar-refractivity contribution in [2.24, 2.45) is 0 Å². The molecule has 0 saturated carbocycles. The van der Waals surface area contributed by atoms with Crippen LogP contribution in [0.15, 0.2) is 64.3 Å². The van der Waals surface area contributed by atoms with Crippen molar-refractivity contribution in [3.8, 4) is 11.4 Å². The Labute approximate surface area is 166 Å². The van der Waals surface area contributed by atoms with Crippen molar-refractivity contribution in [2.45, 2.75) is 18.4 Å². The molecule has 3 aromatic rings. The molecule has 0 atom stereocenters. The number of carbonyl (C=O) groups is 1. The van der Waals surface area contributed by atoms with E-state index in [0.29, 0.717) is 27.8 Å². The second-order valence-corrected chi connectivity index (χ2v) is 7.25. The molecule has 2 aromatic carbocycles. The van der Waals surface area contributed by atoms with Gasteiger partial charge in [-0.25, -0.2) is 4.98 Å². The summed E-state index contributed by atoms with van der Waals surface area (Å²) in [6.07, 6.45) is 1.97. The molecule has 0 aliphatic rings. The number of nitrogens with one attached hydrogen (secondary N) is 1. The number of rotatable bonds is 5. The van der Waals surface area contributed by atoms with Crippen LogP contribution in [0.25, 0.3) is 11.4 Å². The summed E-state index contributed by atoms with van der Waals surface area (Å²) in [6.45, 7) is 1.60. The van der Waals surface area contributed by atoms with Crippen LogP contribution in [0.2, 0.25) is 5.02 Å². The van der Waals surface area contributed by atoms with Crippen LogP contribution in [-0.4, -0.2) is 21.7 Å². The predicted molar refractivity (Wildman–Crippen MR) is 111 cm³/mol. The van der Waals surface area contributed by atoms with E-state index in [-0.39, 0.29) is 18.0 Å². The van der Waals surface area contributed by atoms with Crippen molar-refractivity contribution in [3.05, 3.63) is 75.7 Å². The van der Waals surface area contributed by atoms with Crippen molar-refractivity contribution < 1.29 is 4.79 Å². The normalized spacial score (nSPS) is 10.6. The second-order valence-electron chi connectivity index (χ2n) is 5.94. The highest BCUT2D eigenvalue weighted by Gasteiger charge is 2.14. The molecule has 1 N–H and O–H groups in total. The molecule has 27 heavy (non-hydrogen) atoms. The Balaban J connectivity index is 1.92. The van der Waals surface area contributed by atoms with Gasteiger partial charge in [0.05, 0.1) is 0 Å². The highest BCUT2D eigenvalue weighted by molar-refractivity contribution is 7.98. The van der Waals surface area contributed by atoms with Crippen molar-refractivity contribution in [2.75, 3.05) is 11.6 Å². The average molecular weight is 400 g/mol. The van der Waals surface area contributed by atoms with E-state index in [2.05, 4.69) is 10.3 Å². The Bertz CT molecular complexity index is 1050. The third kappa shape index (κ3) is 4.78. The Morgan fingerprint density at radius 3 is 2.70 bits per heavy atom. The molecule has 0 bridgehead atoms. The number of aromatic nitrogens is 2. The Hall–Kier alpha value is -2.57. The van der Waals surface area contributed by atoms with Crippen LogP contribution in [0.1, 0.15) is 5.69 Å². The molecule has 3 rings (SSSR count). The molecule has 0 aliphatic heterocycles. The van der Waals surface area contributed by atoms with E-state index >= 15 is 0 Å². The molecule has 5 nitrogen and oxygen atoms in total. The molecule has 1 heterocycles. The molecule has 1 amide bonds. The molecule has 0 fully saturated rings. The first-order valence-corrected chi connectivity index (χ1v) is 9.85. The molecular weight excluding hydrogens is 382 g/mol. The molecule has 0 saturated heterocycles. The number of anilines is 1. The maximum atomic E-state index is 12.5. The van der Waals surface area contributed by atoms with E-state index in [4.69, 9.17) is 11.6 Å². The Morgan fingerprint density at radius 1 is 1.19 bits per heavy atom. The smallest absolute Gasteiger partial charge is 0.254 e. The van der Waals surface area contributed by atoms with Crippen molar-refractivity contribution >= 4 is 35.0 Å². The van der Waals surface area contributed by atoms with Crippen LogP contribution in [0.4, 0.5) is 5.69 Å². The highest BCUT2D eigenvalue weighted by atomic mass is 35.5. The van der Waals surface area contributed by atoms with E-state index in [0.717, 1.165) is 4.90 Å². The van der Waals surface area contributed by atoms with E-state index in [1.165, 1.54) is 10.6 Å². The molecule has 0 spiro atoms. The number of hydrogen-bond donors (Lipinski definition) is 1. The lowest BCUT2D eigenvalue weighted by molar-refractivity contribution is -0.116. The number of halogens is 1. The van der Waals surface area contributed by atoms with Gasteiger partial charge in [0.25, 0.3) is 5.56 Å². The van der Waals surface area contributed by atoms with Gasteiger partial charge < -0.3 is 5.32 Å². The lowest BCUT2D eigenvalue weighted by Crippen LogP contribution is -2.29. The van der Waals surface area contributed by atoms with E-state index in [1.807, 2.05) is 36.6 Å². The minimum Gasteiger partial charge on any atom is -0.324 e. The van der Waals surface area contributed by atoms with Gasteiger partial charge in [-0.3, -0.25) is 14.2 Å². The number of carbonyl (C=O) groups excluding carboxylic acids is 1. The zero-order chi connectivity index (χ0) is 19.4. The molecule has 0 aliphatic carbocycles. The average Bonchev–Trinajstić information content (AvgIpc) is 2.64. The summed E-state index contributed by atoms with van der Waals surface area (Å²) in [5, 5.41) is 3.37. The van der Waals surface area contributed by atoms with E-state index < -0.39 is 0 Å². The number of nitrogens with zero attached hydrogens (tertiary/aromatic N) is 2. The third-order valence-electron chi connectivity index (χ3n) is 3.87. The zero-order valence-corrected chi connectivity index (χ0v) is 16.5. The number of hydrogen-bond acceptors (Lipinski definition) is 4. The minimum absolute atomic E-state index is 0.141. The van der Waals surface area contributed by atoms with Crippen LogP contribution in [0.5, 0.6) is 0 Å². The molecule has 138 valence electrons. The van der Waals surface area contributed by atoms with Crippen LogP contribution in [0.3, 0.4) is 0 Å². The predicted octanol–water partition coefficient (Wildman–Crippen LogP) is 4.23. The van der Waals surface area contributed by atoms with Gasteiger partial charge in [0.15, 0.2) is 0 Å². The summed E-state index contributed by atoms with van der Waals surface area (Å²) in [5.41, 5.74) is 1.66. The van der Waals surface area contributed by atoms with Crippen LogP contribution in [-0.2, 0) is 11.3 Å². The first-order valence-electron chi connectivity index (χ1n) is 8.24.